The van der Waals surface area contributed by atoms with Crippen LogP contribution in [0.25, 0.3) is 5.52 Å². The Morgan fingerprint density at radius 3 is 2.47 bits per heavy atom. The monoisotopic (exact) mass is 421 g/mol. The van der Waals surface area contributed by atoms with E-state index in [0.29, 0.717) is 34.2 Å². The fourth-order valence-electron chi connectivity index (χ4n) is 3.10. The van der Waals surface area contributed by atoms with E-state index in [1.807, 2.05) is 55.5 Å². The van der Waals surface area contributed by atoms with Gasteiger partial charge in [0.1, 0.15) is 11.8 Å². The Morgan fingerprint density at radius 1 is 1.10 bits per heavy atom. The number of aryl methyl sites for hydroxylation is 1. The van der Waals surface area contributed by atoms with Crippen LogP contribution in [0.5, 0.6) is 17.2 Å². The Hall–Kier alpha value is -3.89. The Morgan fingerprint density at radius 2 is 1.80 bits per heavy atom. The van der Waals surface area contributed by atoms with Gasteiger partial charge in [-0.25, -0.2) is 4.52 Å². The van der Waals surface area contributed by atoms with Gasteiger partial charge in [0.25, 0.3) is 0 Å². The van der Waals surface area contributed by atoms with E-state index in [9.17, 15) is 5.26 Å². The third kappa shape index (κ3) is 3.81. The quantitative estimate of drug-likeness (QED) is 0.467. The van der Waals surface area contributed by atoms with Gasteiger partial charge in [-0.3, -0.25) is 0 Å². The highest BCUT2D eigenvalue weighted by atomic mass is 35.5. The minimum Gasteiger partial charge on any atom is -0.493 e. The van der Waals surface area contributed by atoms with Gasteiger partial charge in [0.05, 0.1) is 42.0 Å². The van der Waals surface area contributed by atoms with Gasteiger partial charge in [-0.05, 0) is 43.3 Å². The molecule has 0 aliphatic rings. The molecular weight excluding hydrogens is 402 g/mol. The van der Waals surface area contributed by atoms with Gasteiger partial charge in [-0.1, -0.05) is 12.1 Å². The van der Waals surface area contributed by atoms with Crippen molar-refractivity contribution in [1.82, 2.24) is 9.61 Å². The topological polar surface area (TPSA) is 97.6 Å². The summed E-state index contributed by atoms with van der Waals surface area (Å²) in [7, 11) is 1.60. The average Bonchev–Trinajstić information content (AvgIpc) is 3.04. The zero-order valence-electron chi connectivity index (χ0n) is 16.4. The number of methoxy groups -OCH3 is 1. The summed E-state index contributed by atoms with van der Waals surface area (Å²) in [6, 6.07) is 17.1. The summed E-state index contributed by atoms with van der Waals surface area (Å²) in [5, 5.41) is 17.1. The van der Waals surface area contributed by atoms with Gasteiger partial charge in [-0.15, -0.1) is 12.4 Å². The van der Waals surface area contributed by atoms with Gasteiger partial charge >= 0.3 is 0 Å². The number of benzene rings is 2. The van der Waals surface area contributed by atoms with Crippen LogP contribution in [-0.2, 0) is 0 Å². The lowest BCUT2D eigenvalue weighted by Gasteiger charge is -2.13. The molecule has 8 heteroatoms. The summed E-state index contributed by atoms with van der Waals surface area (Å²) < 4.78 is 12.9. The lowest BCUT2D eigenvalue weighted by Crippen LogP contribution is -2.00. The maximum absolute atomic E-state index is 9.51. The molecule has 3 N–H and O–H groups in total. The highest BCUT2D eigenvalue weighted by molar-refractivity contribution is 5.87. The van der Waals surface area contributed by atoms with Crippen LogP contribution in [0.3, 0.4) is 0 Å². The van der Waals surface area contributed by atoms with Crippen molar-refractivity contribution in [3.63, 3.8) is 0 Å². The molecule has 2 heterocycles. The van der Waals surface area contributed by atoms with E-state index in [0.717, 1.165) is 16.8 Å². The molecule has 0 saturated carbocycles. The molecule has 0 saturated heterocycles. The smallest absolute Gasteiger partial charge is 0.169 e. The average molecular weight is 422 g/mol. The number of aromatic nitrogens is 2. The van der Waals surface area contributed by atoms with Gasteiger partial charge in [0.15, 0.2) is 11.5 Å². The molecule has 0 aliphatic carbocycles. The van der Waals surface area contributed by atoms with E-state index in [1.165, 1.54) is 6.20 Å². The van der Waals surface area contributed by atoms with Crippen LogP contribution in [-0.4, -0.2) is 16.7 Å². The zero-order valence-corrected chi connectivity index (χ0v) is 17.2. The Kier molecular flexibility index (Phi) is 6.00. The van der Waals surface area contributed by atoms with Gasteiger partial charge in [0.2, 0.25) is 0 Å². The Balaban J connectivity index is 0.00000256. The van der Waals surface area contributed by atoms with Crippen molar-refractivity contribution in [3.8, 4) is 23.3 Å². The molecule has 30 heavy (non-hydrogen) atoms. The number of fused-ring (bicyclic) bond motifs is 1. The second-order valence-corrected chi connectivity index (χ2v) is 6.45. The number of anilines is 3. The first-order chi connectivity index (χ1) is 14.1. The van der Waals surface area contributed by atoms with Crippen molar-refractivity contribution in [2.24, 2.45) is 0 Å². The largest absolute Gasteiger partial charge is 0.493 e. The van der Waals surface area contributed by atoms with E-state index in [1.54, 1.807) is 17.8 Å². The third-order valence-corrected chi connectivity index (χ3v) is 4.64. The molecule has 0 fully saturated rings. The number of nitrogens with one attached hydrogen (secondary N) is 1. The van der Waals surface area contributed by atoms with Crippen molar-refractivity contribution in [2.75, 3.05) is 18.2 Å². The molecule has 0 aliphatic heterocycles. The summed E-state index contributed by atoms with van der Waals surface area (Å²) in [6.07, 6.45) is 3.26. The van der Waals surface area contributed by atoms with E-state index in [-0.39, 0.29) is 12.4 Å². The molecule has 0 unspecified atom stereocenters. The Bertz CT molecular complexity index is 1230. The molecular formula is C22H20ClN5O2. The number of nitrogens with two attached hydrogens (primary N) is 1. The molecule has 0 atom stereocenters. The molecule has 0 spiro atoms. The van der Waals surface area contributed by atoms with Crippen molar-refractivity contribution >= 4 is 35.0 Å². The fraction of sp³-hybridized carbons (Fsp3) is 0.0909. The van der Waals surface area contributed by atoms with Crippen LogP contribution in [0, 0.1) is 18.3 Å². The van der Waals surface area contributed by atoms with Crippen molar-refractivity contribution in [2.45, 2.75) is 6.92 Å². The molecule has 2 aromatic carbocycles. The van der Waals surface area contributed by atoms with E-state index < -0.39 is 0 Å². The Labute approximate surface area is 180 Å². The number of nitrogen functional groups attached to an aromatic ring is 1. The summed E-state index contributed by atoms with van der Waals surface area (Å²) >= 11 is 0. The SMILES string of the molecule is COc1ccccc1Oc1ccc(Nc2c(C#N)cnn3cc(N)c(C)c23)cc1.Cl. The molecule has 4 aromatic rings. The minimum absolute atomic E-state index is 0. The fourth-order valence-corrected chi connectivity index (χ4v) is 3.10. The number of nitrogens with zero attached hydrogens (tertiary/aromatic N) is 3. The van der Waals surface area contributed by atoms with Crippen molar-refractivity contribution in [1.29, 1.82) is 5.26 Å². The highest BCUT2D eigenvalue weighted by Crippen LogP contribution is 2.33. The van der Waals surface area contributed by atoms with Gasteiger partial charge < -0.3 is 20.5 Å². The number of ether oxygens (including phenoxy) is 2. The zero-order chi connectivity index (χ0) is 20.4. The number of rotatable bonds is 5. The summed E-state index contributed by atoms with van der Waals surface area (Å²) in [5.74, 6) is 1.97. The normalized spacial score (nSPS) is 10.2. The molecule has 152 valence electrons. The van der Waals surface area contributed by atoms with Crippen LogP contribution in [0.4, 0.5) is 17.1 Å². The van der Waals surface area contributed by atoms with Crippen LogP contribution in [0.15, 0.2) is 60.9 Å². The predicted octanol–water partition coefficient (Wildman–Crippen LogP) is 5.06. The standard InChI is InChI=1S/C22H19N5O2.ClH/c1-14-18(24)13-27-22(14)21(15(11-23)12-25-27)26-16-7-9-17(10-8-16)29-20-6-4-3-5-19(20)28-2;/h3-10,12-13,26H,24H2,1-2H3;1H. The van der Waals surface area contributed by atoms with Gasteiger partial charge in [0, 0.05) is 11.3 Å². The first-order valence-electron chi connectivity index (χ1n) is 8.95. The third-order valence-electron chi connectivity index (χ3n) is 4.64. The summed E-state index contributed by atoms with van der Waals surface area (Å²) in [5.41, 5.74) is 10.2. The van der Waals surface area contributed by atoms with Crippen molar-refractivity contribution in [3.05, 3.63) is 72.1 Å². The van der Waals surface area contributed by atoms with Crippen LogP contribution < -0.4 is 20.5 Å². The second-order valence-electron chi connectivity index (χ2n) is 6.45. The molecule has 4 rings (SSSR count). The first kappa shape index (κ1) is 20.8. The number of para-hydroxylation sites is 2. The van der Waals surface area contributed by atoms with E-state index in [4.69, 9.17) is 15.2 Å². The lowest BCUT2D eigenvalue weighted by atomic mass is 10.1. The molecule has 0 amide bonds. The van der Waals surface area contributed by atoms with Crippen LogP contribution in [0.2, 0.25) is 0 Å². The maximum atomic E-state index is 9.51. The van der Waals surface area contributed by atoms with Crippen molar-refractivity contribution < 1.29 is 9.47 Å². The molecule has 0 bridgehead atoms. The molecule has 7 nitrogen and oxygen atoms in total. The van der Waals surface area contributed by atoms with Crippen LogP contribution in [0.1, 0.15) is 11.1 Å². The maximum Gasteiger partial charge on any atom is 0.169 e. The van der Waals surface area contributed by atoms with E-state index >= 15 is 0 Å². The summed E-state index contributed by atoms with van der Waals surface area (Å²) in [6.45, 7) is 1.91. The lowest BCUT2D eigenvalue weighted by molar-refractivity contribution is 0.379. The summed E-state index contributed by atoms with van der Waals surface area (Å²) in [4.78, 5) is 0. The first-order valence-corrected chi connectivity index (χ1v) is 8.95. The number of halogens is 1. The predicted molar refractivity (Wildman–Crippen MR) is 119 cm³/mol. The minimum atomic E-state index is 0. The number of nitriles is 1. The number of hydrogen-bond acceptors (Lipinski definition) is 6. The molecule has 0 radical (unpaired) electrons. The van der Waals surface area contributed by atoms with E-state index in [2.05, 4.69) is 16.5 Å². The molecule has 2 aromatic heterocycles. The van der Waals surface area contributed by atoms with Gasteiger partial charge in [-0.2, -0.15) is 10.4 Å². The highest BCUT2D eigenvalue weighted by Gasteiger charge is 2.14. The second kappa shape index (κ2) is 8.64. The number of hydrogen-bond donors (Lipinski definition) is 2. The van der Waals surface area contributed by atoms with Crippen LogP contribution >= 0.6 is 12.4 Å².